The van der Waals surface area contributed by atoms with E-state index < -0.39 is 0 Å². The van der Waals surface area contributed by atoms with E-state index in [1.165, 1.54) is 6.34 Å². The van der Waals surface area contributed by atoms with Gasteiger partial charge in [-0.05, 0) is 6.92 Å². The molecule has 9 heavy (non-hydrogen) atoms. The first kappa shape index (κ1) is 6.61. The molecule has 0 saturated carbocycles. The number of hydrogen-bond donors (Lipinski definition) is 0. The van der Waals surface area contributed by atoms with Gasteiger partial charge in [-0.25, -0.2) is 9.98 Å². The summed E-state index contributed by atoms with van der Waals surface area (Å²) in [6.45, 7) is 1.78. The molecular weight excluding hydrogens is 184 g/mol. The van der Waals surface area contributed by atoms with E-state index in [2.05, 4.69) is 25.9 Å². The van der Waals surface area contributed by atoms with Crippen LogP contribution in [0.1, 0.15) is 6.92 Å². The summed E-state index contributed by atoms with van der Waals surface area (Å²) >= 11 is 3.12. The molecule has 1 unspecified atom stereocenters. The minimum absolute atomic E-state index is 0.178. The first-order valence-corrected chi connectivity index (χ1v) is 3.38. The van der Waals surface area contributed by atoms with Gasteiger partial charge in [-0.3, -0.25) is 4.79 Å². The molecule has 0 bridgehead atoms. The maximum atomic E-state index is 10.7. The first-order valence-electron chi connectivity index (χ1n) is 2.46. The van der Waals surface area contributed by atoms with Crippen LogP contribution in [-0.2, 0) is 4.79 Å². The summed E-state index contributed by atoms with van der Waals surface area (Å²) in [6, 6.07) is 0. The lowest BCUT2D eigenvalue weighted by molar-refractivity contribution is -0.116. The number of aliphatic imine (C=N–C) groups is 2. The van der Waals surface area contributed by atoms with Gasteiger partial charge in [-0.15, -0.1) is 0 Å². The van der Waals surface area contributed by atoms with E-state index in [4.69, 9.17) is 0 Å². The number of nitrogens with zero attached hydrogens (tertiary/aromatic N) is 2. The van der Waals surface area contributed by atoms with E-state index in [0.29, 0.717) is 0 Å². The Hall–Kier alpha value is -0.510. The number of hydrogen-bond acceptors (Lipinski definition) is 2. The van der Waals surface area contributed by atoms with Crippen molar-refractivity contribution >= 4 is 33.9 Å². The van der Waals surface area contributed by atoms with Gasteiger partial charge in [0.05, 0.1) is 0 Å². The maximum absolute atomic E-state index is 10.7. The number of rotatable bonds is 0. The normalized spacial score (nSPS) is 26.2. The molecule has 0 fully saturated rings. The average molecular weight is 189 g/mol. The zero-order valence-corrected chi connectivity index (χ0v) is 6.42. The van der Waals surface area contributed by atoms with Gasteiger partial charge in [0.15, 0.2) is 0 Å². The Morgan fingerprint density at radius 2 is 2.44 bits per heavy atom. The van der Waals surface area contributed by atoms with Crippen molar-refractivity contribution in [1.29, 1.82) is 0 Å². The maximum Gasteiger partial charge on any atom is 0.266 e. The predicted molar refractivity (Wildman–Crippen MR) is 39.3 cm³/mol. The van der Waals surface area contributed by atoms with Gasteiger partial charge >= 0.3 is 0 Å². The summed E-state index contributed by atoms with van der Waals surface area (Å²) in [6.07, 6.45) is 1.27. The van der Waals surface area contributed by atoms with E-state index in [1.54, 1.807) is 6.92 Å². The Balaban J connectivity index is 2.86. The molecular formula is C5H5BrN2O. The quantitative estimate of drug-likeness (QED) is 0.519. The van der Waals surface area contributed by atoms with E-state index in [1.807, 2.05) is 0 Å². The molecule has 1 atom stereocenters. The molecule has 1 aliphatic heterocycles. The summed E-state index contributed by atoms with van der Waals surface area (Å²) < 4.78 is 0. The summed E-state index contributed by atoms with van der Waals surface area (Å²) in [5, 5.41) is 0. The van der Waals surface area contributed by atoms with Crippen LogP contribution >= 0.6 is 15.9 Å². The van der Waals surface area contributed by atoms with Crippen LogP contribution in [0, 0.1) is 0 Å². The van der Waals surface area contributed by atoms with Gasteiger partial charge in [0.2, 0.25) is 0 Å². The smallest absolute Gasteiger partial charge is 0.266 e. The second kappa shape index (κ2) is 2.39. The molecule has 0 aliphatic carbocycles. The average Bonchev–Trinajstić information content (AvgIpc) is 1.83. The van der Waals surface area contributed by atoms with Crippen molar-refractivity contribution in [2.24, 2.45) is 9.98 Å². The van der Waals surface area contributed by atoms with Crippen molar-refractivity contribution in [3.05, 3.63) is 0 Å². The van der Waals surface area contributed by atoms with Crippen molar-refractivity contribution < 1.29 is 4.79 Å². The minimum atomic E-state index is -0.303. The largest absolute Gasteiger partial charge is 0.271 e. The third-order valence-electron chi connectivity index (χ3n) is 1.03. The molecule has 0 spiro atoms. The SMILES string of the molecule is CC1=NC=NC(=O)C1Br. The lowest BCUT2D eigenvalue weighted by Crippen LogP contribution is -2.23. The van der Waals surface area contributed by atoms with Crippen molar-refractivity contribution in [3.63, 3.8) is 0 Å². The van der Waals surface area contributed by atoms with Crippen LogP contribution in [0.4, 0.5) is 0 Å². The summed E-state index contributed by atoms with van der Waals surface area (Å²) in [4.78, 5) is 17.7. The molecule has 0 aromatic carbocycles. The van der Waals surface area contributed by atoms with Crippen molar-refractivity contribution in [3.8, 4) is 0 Å². The highest BCUT2D eigenvalue weighted by atomic mass is 79.9. The van der Waals surface area contributed by atoms with E-state index >= 15 is 0 Å². The van der Waals surface area contributed by atoms with E-state index in [0.717, 1.165) is 5.71 Å². The number of carbonyl (C=O) groups is 1. The van der Waals surface area contributed by atoms with Crippen LogP contribution in [0.25, 0.3) is 0 Å². The van der Waals surface area contributed by atoms with Gasteiger partial charge in [-0.2, -0.15) is 0 Å². The van der Waals surface area contributed by atoms with Crippen LogP contribution in [0.2, 0.25) is 0 Å². The first-order chi connectivity index (χ1) is 4.22. The molecule has 4 heteroatoms. The fourth-order valence-corrected chi connectivity index (χ4v) is 0.723. The minimum Gasteiger partial charge on any atom is -0.271 e. The van der Waals surface area contributed by atoms with Gasteiger partial charge in [0, 0.05) is 5.71 Å². The summed E-state index contributed by atoms with van der Waals surface area (Å²) in [5.74, 6) is -0.178. The third kappa shape index (κ3) is 1.24. The van der Waals surface area contributed by atoms with Gasteiger partial charge in [0.25, 0.3) is 5.91 Å². The zero-order valence-electron chi connectivity index (χ0n) is 4.84. The molecule has 0 radical (unpaired) electrons. The number of halogens is 1. The monoisotopic (exact) mass is 188 g/mol. The van der Waals surface area contributed by atoms with E-state index in [9.17, 15) is 4.79 Å². The Kier molecular flexibility index (Phi) is 1.75. The second-order valence-electron chi connectivity index (χ2n) is 1.72. The Labute approximate surface area is 61.0 Å². The number of amides is 1. The fourth-order valence-electron chi connectivity index (χ4n) is 0.486. The van der Waals surface area contributed by atoms with Crippen LogP contribution in [0.15, 0.2) is 9.98 Å². The predicted octanol–water partition coefficient (Wildman–Crippen LogP) is 0.779. The molecule has 0 saturated heterocycles. The van der Waals surface area contributed by atoms with E-state index in [-0.39, 0.29) is 10.7 Å². The highest BCUT2D eigenvalue weighted by Crippen LogP contribution is 2.07. The molecule has 0 aromatic heterocycles. The Bertz CT molecular complexity index is 197. The highest BCUT2D eigenvalue weighted by Gasteiger charge is 2.18. The highest BCUT2D eigenvalue weighted by molar-refractivity contribution is 9.10. The summed E-state index contributed by atoms with van der Waals surface area (Å²) in [7, 11) is 0. The molecule has 1 aliphatic rings. The van der Waals surface area contributed by atoms with Gasteiger partial charge in [-0.1, -0.05) is 15.9 Å². The summed E-state index contributed by atoms with van der Waals surface area (Å²) in [5.41, 5.74) is 0.759. The van der Waals surface area contributed by atoms with Crippen molar-refractivity contribution in [2.75, 3.05) is 0 Å². The lowest BCUT2D eigenvalue weighted by Gasteiger charge is -2.05. The Morgan fingerprint density at radius 1 is 1.78 bits per heavy atom. The molecule has 1 amide bonds. The number of alkyl halides is 1. The number of carbonyl (C=O) groups excluding carboxylic acids is 1. The van der Waals surface area contributed by atoms with Crippen LogP contribution in [-0.4, -0.2) is 22.8 Å². The molecule has 1 heterocycles. The van der Waals surface area contributed by atoms with Gasteiger partial charge in [0.1, 0.15) is 11.2 Å². The topological polar surface area (TPSA) is 41.8 Å². The van der Waals surface area contributed by atoms with Gasteiger partial charge < -0.3 is 0 Å². The molecule has 3 nitrogen and oxygen atoms in total. The van der Waals surface area contributed by atoms with Crippen LogP contribution in [0.5, 0.6) is 0 Å². The molecule has 48 valence electrons. The Morgan fingerprint density at radius 3 is 2.89 bits per heavy atom. The van der Waals surface area contributed by atoms with Crippen molar-refractivity contribution in [1.82, 2.24) is 0 Å². The van der Waals surface area contributed by atoms with Crippen LogP contribution in [0.3, 0.4) is 0 Å². The van der Waals surface area contributed by atoms with Crippen LogP contribution < -0.4 is 0 Å². The third-order valence-corrected chi connectivity index (χ3v) is 2.08. The lowest BCUT2D eigenvalue weighted by atomic mass is 10.3. The fraction of sp³-hybridized carbons (Fsp3) is 0.400. The van der Waals surface area contributed by atoms with Crippen molar-refractivity contribution in [2.45, 2.75) is 11.8 Å². The standard InChI is InChI=1S/C5H5BrN2O/c1-3-4(6)5(9)8-2-7-3/h2,4H,1H3. The second-order valence-corrected chi connectivity index (χ2v) is 2.63. The molecule has 0 aromatic rings. The molecule has 0 N–H and O–H groups in total. The zero-order chi connectivity index (χ0) is 6.85. The molecule has 1 rings (SSSR count).